The number of furan rings is 1. The van der Waals surface area contributed by atoms with Gasteiger partial charge in [-0.2, -0.15) is 0 Å². The molecule has 0 unspecified atom stereocenters. The molecule has 2 heterocycles. The normalized spacial score (nSPS) is 13.8. The summed E-state index contributed by atoms with van der Waals surface area (Å²) in [5.74, 6) is 1.09. The van der Waals surface area contributed by atoms with Gasteiger partial charge < -0.3 is 13.9 Å². The first-order valence-electron chi connectivity index (χ1n) is 21.1. The van der Waals surface area contributed by atoms with Gasteiger partial charge in [-0.15, -0.1) is 0 Å². The first-order chi connectivity index (χ1) is 29.5. The summed E-state index contributed by atoms with van der Waals surface area (Å²) in [7, 11) is 0. The fourth-order valence-electron chi connectivity index (χ4n) is 10.00. The lowest BCUT2D eigenvalue weighted by molar-refractivity contribution is 0.546. The van der Waals surface area contributed by atoms with Crippen LogP contribution in [0.5, 0.6) is 0 Å². The predicted octanol–water partition coefficient (Wildman–Crippen LogP) is 15.6. The Morgan fingerprint density at radius 1 is 0.500 bits per heavy atom. The molecular weight excluding hydrogens is 729 g/mol. The number of hydrogen-bond donors (Lipinski definition) is 0. The fraction of sp³-hybridized carbons (Fsp3) is 0.0877. The molecule has 0 saturated heterocycles. The lowest BCUT2D eigenvalue weighted by Gasteiger charge is -2.28. The van der Waals surface area contributed by atoms with E-state index in [1.165, 1.54) is 71.7 Å². The summed E-state index contributed by atoms with van der Waals surface area (Å²) in [6.45, 7) is 4.75. The molecule has 2 aromatic heterocycles. The van der Waals surface area contributed by atoms with Gasteiger partial charge in [0.05, 0.1) is 11.0 Å². The molecule has 8 aromatic carbocycles. The lowest BCUT2D eigenvalue weighted by atomic mass is 9.81. The Kier molecular flexibility index (Phi) is 7.71. The molecule has 0 fully saturated rings. The Hall–Kier alpha value is -7.36. The van der Waals surface area contributed by atoms with Crippen molar-refractivity contribution < 1.29 is 4.42 Å². The zero-order chi connectivity index (χ0) is 40.0. The molecule has 3 nitrogen and oxygen atoms in total. The van der Waals surface area contributed by atoms with Crippen molar-refractivity contribution in [2.45, 2.75) is 32.1 Å². The average molecular weight is 771 g/mol. The highest BCUT2D eigenvalue weighted by molar-refractivity contribution is 6.14. The topological polar surface area (TPSA) is 21.3 Å². The zero-order valence-corrected chi connectivity index (χ0v) is 33.7. The fourth-order valence-corrected chi connectivity index (χ4v) is 10.00. The molecular formula is C57H42N2O. The Balaban J connectivity index is 0.982. The molecule has 12 rings (SSSR count). The van der Waals surface area contributed by atoms with Crippen LogP contribution in [0.3, 0.4) is 0 Å². The molecule has 0 aliphatic heterocycles. The first-order valence-corrected chi connectivity index (χ1v) is 21.1. The van der Waals surface area contributed by atoms with Crippen molar-refractivity contribution in [2.24, 2.45) is 0 Å². The van der Waals surface area contributed by atoms with Crippen molar-refractivity contribution in [3.05, 3.63) is 211 Å². The number of aryl methyl sites for hydroxylation is 1. The van der Waals surface area contributed by atoms with E-state index in [1.807, 2.05) is 0 Å². The molecule has 0 bridgehead atoms. The monoisotopic (exact) mass is 770 g/mol. The maximum atomic E-state index is 6.49. The molecule has 0 radical (unpaired) electrons. The van der Waals surface area contributed by atoms with Gasteiger partial charge in [0.25, 0.3) is 0 Å². The minimum absolute atomic E-state index is 0.177. The summed E-state index contributed by atoms with van der Waals surface area (Å²) in [5.41, 5.74) is 19.0. The van der Waals surface area contributed by atoms with Crippen molar-refractivity contribution in [3.8, 4) is 39.1 Å². The standard InChI is InChI=1S/C57H42N2O/c1-57(2)51-33-40(38-15-7-4-8-16-38)23-31-45(51)46-32-30-44(34-52(46)57)58(41-24-21-39(22-25-41)37-13-5-3-6-14-37)42-26-28-43(29-27-42)59-53-19-11-9-17-47(53)49-35-50-48-18-10-12-20-55(48)60-56(50)36-54(49)59/h3-11,13-19,21-36H,12,20H2,1-2H3. The van der Waals surface area contributed by atoms with Gasteiger partial charge in [0.15, 0.2) is 0 Å². The second kappa shape index (κ2) is 13.3. The van der Waals surface area contributed by atoms with Gasteiger partial charge in [-0.25, -0.2) is 0 Å². The number of anilines is 3. The van der Waals surface area contributed by atoms with Crippen molar-refractivity contribution in [1.29, 1.82) is 0 Å². The molecule has 2 aliphatic carbocycles. The van der Waals surface area contributed by atoms with Gasteiger partial charge in [-0.05, 0) is 118 Å². The second-order valence-corrected chi connectivity index (χ2v) is 16.8. The smallest absolute Gasteiger partial charge is 0.137 e. The summed E-state index contributed by atoms with van der Waals surface area (Å²) in [6.07, 6.45) is 6.46. The van der Waals surface area contributed by atoms with Crippen molar-refractivity contribution >= 4 is 55.9 Å². The first kappa shape index (κ1) is 34.7. The van der Waals surface area contributed by atoms with Crippen LogP contribution in [0.4, 0.5) is 17.1 Å². The van der Waals surface area contributed by atoms with Crippen LogP contribution in [0, 0.1) is 0 Å². The summed E-state index contributed by atoms with van der Waals surface area (Å²) in [4.78, 5) is 2.41. The molecule has 3 heteroatoms. The minimum Gasteiger partial charge on any atom is -0.460 e. The van der Waals surface area contributed by atoms with Crippen molar-refractivity contribution in [3.63, 3.8) is 0 Å². The van der Waals surface area contributed by atoms with Crippen LogP contribution in [0.1, 0.15) is 42.7 Å². The van der Waals surface area contributed by atoms with Crippen molar-refractivity contribution in [2.75, 3.05) is 4.90 Å². The van der Waals surface area contributed by atoms with Crippen LogP contribution in [-0.2, 0) is 11.8 Å². The Bertz CT molecular complexity index is 3310. The third-order valence-electron chi connectivity index (χ3n) is 13.0. The summed E-state index contributed by atoms with van der Waals surface area (Å²) >= 11 is 0. The highest BCUT2D eigenvalue weighted by Gasteiger charge is 2.36. The second-order valence-electron chi connectivity index (χ2n) is 16.8. The number of allylic oxidation sites excluding steroid dienone is 1. The van der Waals surface area contributed by atoms with E-state index in [1.54, 1.807) is 0 Å². The maximum absolute atomic E-state index is 6.49. The number of nitrogens with zero attached hydrogens (tertiary/aromatic N) is 2. The third kappa shape index (κ3) is 5.36. The van der Waals surface area contributed by atoms with E-state index in [0.29, 0.717) is 0 Å². The highest BCUT2D eigenvalue weighted by Crippen LogP contribution is 2.52. The van der Waals surface area contributed by atoms with Gasteiger partial charge in [-0.1, -0.05) is 135 Å². The van der Waals surface area contributed by atoms with Crippen LogP contribution in [0.25, 0.3) is 77.9 Å². The lowest BCUT2D eigenvalue weighted by Crippen LogP contribution is -2.16. The molecule has 0 N–H and O–H groups in total. The number of aromatic nitrogens is 1. The van der Waals surface area contributed by atoms with Gasteiger partial charge in [0, 0.05) is 62.4 Å². The van der Waals surface area contributed by atoms with Crippen LogP contribution < -0.4 is 4.90 Å². The minimum atomic E-state index is -0.177. The van der Waals surface area contributed by atoms with Gasteiger partial charge >= 0.3 is 0 Å². The van der Waals surface area contributed by atoms with E-state index in [-0.39, 0.29) is 5.41 Å². The van der Waals surface area contributed by atoms with Gasteiger partial charge in [0.2, 0.25) is 0 Å². The molecule has 0 spiro atoms. The third-order valence-corrected chi connectivity index (χ3v) is 13.0. The number of rotatable bonds is 6. The molecule has 2 aliphatic rings. The summed E-state index contributed by atoms with van der Waals surface area (Å²) < 4.78 is 8.88. The number of para-hydroxylation sites is 1. The average Bonchev–Trinajstić information content (AvgIpc) is 3.91. The van der Waals surface area contributed by atoms with E-state index < -0.39 is 0 Å². The summed E-state index contributed by atoms with van der Waals surface area (Å²) in [6, 6.07) is 66.8. The largest absolute Gasteiger partial charge is 0.460 e. The van der Waals surface area contributed by atoms with Gasteiger partial charge in [0.1, 0.15) is 11.3 Å². The SMILES string of the molecule is CC1(C)c2cc(-c3ccccc3)ccc2-c2ccc(N(c3ccc(-c4ccccc4)cc3)c3ccc(-n4c5ccccc5c5cc6c7c(oc6cc54)CCC=C7)cc3)cc21. The highest BCUT2D eigenvalue weighted by atomic mass is 16.3. The molecule has 0 atom stereocenters. The van der Waals surface area contributed by atoms with Crippen LogP contribution >= 0.6 is 0 Å². The van der Waals surface area contributed by atoms with E-state index >= 15 is 0 Å². The molecule has 0 saturated carbocycles. The van der Waals surface area contributed by atoms with E-state index in [4.69, 9.17) is 4.42 Å². The van der Waals surface area contributed by atoms with Crippen LogP contribution in [0.2, 0.25) is 0 Å². The quantitative estimate of drug-likeness (QED) is 0.168. The van der Waals surface area contributed by atoms with Gasteiger partial charge in [-0.3, -0.25) is 0 Å². The number of benzene rings is 8. The summed E-state index contributed by atoms with van der Waals surface area (Å²) in [5, 5.41) is 3.67. The molecule has 60 heavy (non-hydrogen) atoms. The Labute approximate surface area is 350 Å². The number of fused-ring (bicyclic) bond motifs is 9. The van der Waals surface area contributed by atoms with Crippen LogP contribution in [0.15, 0.2) is 192 Å². The van der Waals surface area contributed by atoms with Crippen LogP contribution in [-0.4, -0.2) is 4.57 Å². The number of hydrogen-bond acceptors (Lipinski definition) is 2. The zero-order valence-electron chi connectivity index (χ0n) is 33.7. The molecule has 286 valence electrons. The maximum Gasteiger partial charge on any atom is 0.137 e. The van der Waals surface area contributed by atoms with Crippen molar-refractivity contribution in [1.82, 2.24) is 4.57 Å². The Morgan fingerprint density at radius 2 is 1.10 bits per heavy atom. The molecule has 10 aromatic rings. The van der Waals surface area contributed by atoms with E-state index in [2.05, 4.69) is 217 Å². The van der Waals surface area contributed by atoms with E-state index in [0.717, 1.165) is 52.5 Å². The Morgan fingerprint density at radius 3 is 1.85 bits per heavy atom. The molecule has 0 amide bonds. The predicted molar refractivity (Wildman–Crippen MR) is 251 cm³/mol. The van der Waals surface area contributed by atoms with E-state index in [9.17, 15) is 0 Å².